The summed E-state index contributed by atoms with van der Waals surface area (Å²) in [7, 11) is 0. The summed E-state index contributed by atoms with van der Waals surface area (Å²) >= 11 is 2.88. The molecule has 160 valence electrons. The molecule has 0 aliphatic carbocycles. The Morgan fingerprint density at radius 2 is 1.68 bits per heavy atom. The maximum atomic E-state index is 13.4. The Balaban J connectivity index is 1.53. The average molecular weight is 457 g/mol. The molecule has 2 aromatic heterocycles. The number of nitrogens with one attached hydrogen (secondary N) is 1. The van der Waals surface area contributed by atoms with Crippen LogP contribution >= 0.6 is 22.7 Å². The van der Waals surface area contributed by atoms with Crippen LogP contribution in [0.1, 0.15) is 37.8 Å². The van der Waals surface area contributed by atoms with E-state index >= 15 is 0 Å². The molecule has 31 heavy (non-hydrogen) atoms. The number of hydrogen-bond acceptors (Lipinski definition) is 6. The highest BCUT2D eigenvalue weighted by molar-refractivity contribution is 7.23. The normalized spacial score (nSPS) is 11.8. The number of benzene rings is 2. The van der Waals surface area contributed by atoms with E-state index in [1.54, 1.807) is 12.1 Å². The third-order valence-corrected chi connectivity index (χ3v) is 6.85. The van der Waals surface area contributed by atoms with Gasteiger partial charge in [0.25, 0.3) is 5.92 Å². The minimum atomic E-state index is -2.86. The van der Waals surface area contributed by atoms with E-state index < -0.39 is 5.92 Å². The van der Waals surface area contributed by atoms with Crippen LogP contribution in [0.2, 0.25) is 0 Å². The molecule has 2 aromatic carbocycles. The monoisotopic (exact) mass is 456 g/mol. The second-order valence-corrected chi connectivity index (χ2v) is 9.50. The van der Waals surface area contributed by atoms with E-state index in [0.29, 0.717) is 16.9 Å². The highest BCUT2D eigenvalue weighted by Crippen LogP contribution is 2.39. The number of alkyl halides is 2. The highest BCUT2D eigenvalue weighted by Gasteiger charge is 2.24. The molecular formula is C23H22F2N4S2. The maximum absolute atomic E-state index is 13.4. The molecule has 0 bridgehead atoms. The van der Waals surface area contributed by atoms with E-state index in [-0.39, 0.29) is 5.56 Å². The number of nitrogen functional groups attached to an aromatic ring is 1. The topological polar surface area (TPSA) is 63.8 Å². The van der Waals surface area contributed by atoms with Gasteiger partial charge in [-0.05, 0) is 23.6 Å². The minimum absolute atomic E-state index is 0.0180. The number of anilines is 3. The van der Waals surface area contributed by atoms with Crippen LogP contribution in [0.5, 0.6) is 0 Å². The van der Waals surface area contributed by atoms with Gasteiger partial charge in [0, 0.05) is 29.1 Å². The van der Waals surface area contributed by atoms with Crippen LogP contribution in [0.4, 0.5) is 25.4 Å². The first-order valence-corrected chi connectivity index (χ1v) is 11.5. The predicted molar refractivity (Wildman–Crippen MR) is 126 cm³/mol. The number of aromatic nitrogens is 2. The first-order valence-electron chi connectivity index (χ1n) is 9.78. The molecule has 0 radical (unpaired) electrons. The molecule has 2 heterocycles. The molecular weight excluding hydrogens is 434 g/mol. The number of hydrogen-bond donors (Lipinski definition) is 2. The van der Waals surface area contributed by atoms with Gasteiger partial charge in [-0.3, -0.25) is 0 Å². The van der Waals surface area contributed by atoms with Crippen molar-refractivity contribution < 1.29 is 8.78 Å². The fourth-order valence-electron chi connectivity index (χ4n) is 3.06. The smallest absolute Gasteiger partial charge is 0.270 e. The lowest BCUT2D eigenvalue weighted by molar-refractivity contribution is 0.0175. The lowest BCUT2D eigenvalue weighted by Crippen LogP contribution is -2.06. The molecule has 0 saturated carbocycles. The zero-order valence-electron chi connectivity index (χ0n) is 17.3. The van der Waals surface area contributed by atoms with Crippen molar-refractivity contribution in [2.45, 2.75) is 32.6 Å². The predicted octanol–water partition coefficient (Wildman–Crippen LogP) is 7.49. The Bertz CT molecular complexity index is 1170. The summed E-state index contributed by atoms with van der Waals surface area (Å²) in [5.74, 6) is -1.97. The number of rotatable bonds is 6. The van der Waals surface area contributed by atoms with Crippen LogP contribution < -0.4 is 11.1 Å². The molecule has 8 heteroatoms. The van der Waals surface area contributed by atoms with Gasteiger partial charge in [-0.1, -0.05) is 61.6 Å². The van der Waals surface area contributed by atoms with Crippen molar-refractivity contribution >= 4 is 39.3 Å². The van der Waals surface area contributed by atoms with E-state index in [1.165, 1.54) is 40.4 Å². The molecule has 3 N–H and O–H groups in total. The van der Waals surface area contributed by atoms with Crippen molar-refractivity contribution in [1.82, 2.24) is 9.97 Å². The minimum Gasteiger partial charge on any atom is -0.382 e. The Hall–Kier alpha value is -2.84. The summed E-state index contributed by atoms with van der Waals surface area (Å²) in [6, 6.07) is 14.4. The molecule has 0 atom stereocenters. The third-order valence-electron chi connectivity index (χ3n) is 4.87. The maximum Gasteiger partial charge on any atom is 0.270 e. The summed E-state index contributed by atoms with van der Waals surface area (Å²) < 4.78 is 26.9. The van der Waals surface area contributed by atoms with E-state index in [4.69, 9.17) is 5.73 Å². The molecule has 0 amide bonds. The van der Waals surface area contributed by atoms with E-state index in [1.807, 2.05) is 17.5 Å². The number of thiazole rings is 2. The quantitative estimate of drug-likeness (QED) is 0.315. The molecule has 0 unspecified atom stereocenters. The SMILES string of the molecule is CC(C)c1ccc(Nc2nc(N)c(-c3nc(-c4ccc(C(C)(F)F)cc4)cs3)s2)cc1. The zero-order chi connectivity index (χ0) is 22.2. The van der Waals surface area contributed by atoms with Gasteiger partial charge in [-0.15, -0.1) is 11.3 Å². The van der Waals surface area contributed by atoms with Crippen molar-refractivity contribution in [2.24, 2.45) is 0 Å². The molecule has 0 saturated heterocycles. The van der Waals surface area contributed by atoms with Crippen LogP contribution in [-0.2, 0) is 5.92 Å². The third kappa shape index (κ3) is 4.75. The largest absolute Gasteiger partial charge is 0.382 e. The molecule has 0 fully saturated rings. The fourth-order valence-corrected chi connectivity index (χ4v) is 4.89. The Morgan fingerprint density at radius 3 is 2.29 bits per heavy atom. The van der Waals surface area contributed by atoms with Gasteiger partial charge in [-0.25, -0.2) is 18.7 Å². The van der Waals surface area contributed by atoms with E-state index in [2.05, 4.69) is 41.3 Å². The Labute approximate surface area is 187 Å². The highest BCUT2D eigenvalue weighted by atomic mass is 32.1. The molecule has 4 nitrogen and oxygen atoms in total. The second kappa shape index (κ2) is 8.36. The average Bonchev–Trinajstić information content (AvgIpc) is 3.34. The summed E-state index contributed by atoms with van der Waals surface area (Å²) in [6.45, 7) is 5.21. The van der Waals surface area contributed by atoms with Crippen LogP contribution in [0.25, 0.3) is 21.1 Å². The number of nitrogens with zero attached hydrogens (tertiary/aromatic N) is 2. The Kier molecular flexibility index (Phi) is 5.77. The second-order valence-electron chi connectivity index (χ2n) is 7.64. The first kappa shape index (κ1) is 21.4. The molecule has 4 rings (SSSR count). The van der Waals surface area contributed by atoms with Gasteiger partial charge >= 0.3 is 0 Å². The van der Waals surface area contributed by atoms with Crippen LogP contribution in [0, 0.1) is 0 Å². The van der Waals surface area contributed by atoms with Gasteiger partial charge < -0.3 is 11.1 Å². The van der Waals surface area contributed by atoms with Crippen molar-refractivity contribution in [3.05, 3.63) is 65.0 Å². The van der Waals surface area contributed by atoms with Crippen molar-refractivity contribution in [3.8, 4) is 21.1 Å². The zero-order valence-corrected chi connectivity index (χ0v) is 19.0. The summed E-state index contributed by atoms with van der Waals surface area (Å²) in [4.78, 5) is 9.86. The summed E-state index contributed by atoms with van der Waals surface area (Å²) in [6.07, 6.45) is 0. The summed E-state index contributed by atoms with van der Waals surface area (Å²) in [5, 5.41) is 6.63. The van der Waals surface area contributed by atoms with Gasteiger partial charge in [0.2, 0.25) is 0 Å². The van der Waals surface area contributed by atoms with Crippen molar-refractivity contribution in [3.63, 3.8) is 0 Å². The molecule has 4 aromatic rings. The standard InChI is InChI=1S/C23H22F2N4S2/c1-13(2)14-6-10-17(11-7-14)27-22-29-20(26)19(31-22)21-28-18(12-30-21)15-4-8-16(9-5-15)23(3,24)25/h4-13H,26H2,1-3H3,(H,27,29). The fraction of sp³-hybridized carbons (Fsp3) is 0.217. The molecule has 0 aliphatic heterocycles. The molecule has 0 spiro atoms. The van der Waals surface area contributed by atoms with Crippen LogP contribution in [-0.4, -0.2) is 9.97 Å². The van der Waals surface area contributed by atoms with Crippen LogP contribution in [0.15, 0.2) is 53.9 Å². The number of nitrogens with two attached hydrogens (primary N) is 1. The molecule has 0 aliphatic rings. The van der Waals surface area contributed by atoms with E-state index in [0.717, 1.165) is 33.8 Å². The van der Waals surface area contributed by atoms with Gasteiger partial charge in [0.1, 0.15) is 15.7 Å². The Morgan fingerprint density at radius 1 is 1.00 bits per heavy atom. The lowest BCUT2D eigenvalue weighted by Gasteiger charge is -2.10. The number of halogens is 2. The van der Waals surface area contributed by atoms with E-state index in [9.17, 15) is 8.78 Å². The van der Waals surface area contributed by atoms with Gasteiger partial charge in [-0.2, -0.15) is 0 Å². The van der Waals surface area contributed by atoms with Crippen LogP contribution in [0.3, 0.4) is 0 Å². The van der Waals surface area contributed by atoms with Gasteiger partial charge in [0.15, 0.2) is 5.13 Å². The first-order chi connectivity index (χ1) is 14.7. The summed E-state index contributed by atoms with van der Waals surface area (Å²) in [5.41, 5.74) is 9.85. The van der Waals surface area contributed by atoms with Gasteiger partial charge in [0.05, 0.1) is 5.69 Å². The lowest BCUT2D eigenvalue weighted by atomic mass is 10.0. The van der Waals surface area contributed by atoms with Crippen molar-refractivity contribution in [1.29, 1.82) is 0 Å². The van der Waals surface area contributed by atoms with Crippen molar-refractivity contribution in [2.75, 3.05) is 11.1 Å².